The molecular weight excluding hydrogens is 446 g/mol. The summed E-state index contributed by atoms with van der Waals surface area (Å²) < 4.78 is 29.0. The Morgan fingerprint density at radius 2 is 1.49 bits per heavy atom. The summed E-state index contributed by atoms with van der Waals surface area (Å²) in [5.41, 5.74) is 2.48. The molecule has 3 aromatic carbocycles. The van der Waals surface area contributed by atoms with Crippen LogP contribution in [0.1, 0.15) is 23.0 Å². The largest absolute Gasteiger partial charge is 0.329 e. The standard InChI is InChI=1S/C28H22F2N4O/c1-18-32-25-15-14-23(33(2)26-5-3-4-16-31-26)17-24(25)28(35)34(18)27(19-6-10-21(29)11-7-19)20-8-12-22(30)13-9-20/h3-17,27H,1-2H3. The molecule has 0 aliphatic heterocycles. The van der Waals surface area contributed by atoms with Gasteiger partial charge in [0.1, 0.15) is 23.3 Å². The van der Waals surface area contributed by atoms with E-state index in [1.54, 1.807) is 48.0 Å². The average Bonchev–Trinajstić information content (AvgIpc) is 2.88. The van der Waals surface area contributed by atoms with Gasteiger partial charge in [-0.1, -0.05) is 30.3 Å². The number of fused-ring (bicyclic) bond motifs is 1. The first-order valence-electron chi connectivity index (χ1n) is 11.1. The predicted octanol–water partition coefficient (Wildman–Crippen LogP) is 5.78. The average molecular weight is 469 g/mol. The molecule has 0 radical (unpaired) electrons. The van der Waals surface area contributed by atoms with E-state index in [1.807, 2.05) is 42.3 Å². The van der Waals surface area contributed by atoms with Crippen LogP contribution >= 0.6 is 0 Å². The molecule has 2 heterocycles. The van der Waals surface area contributed by atoms with Crippen molar-refractivity contribution in [3.05, 3.63) is 130 Å². The van der Waals surface area contributed by atoms with E-state index in [2.05, 4.69) is 4.98 Å². The summed E-state index contributed by atoms with van der Waals surface area (Å²) in [6.07, 6.45) is 1.71. The highest BCUT2D eigenvalue weighted by Gasteiger charge is 2.22. The van der Waals surface area contributed by atoms with Crippen LogP contribution in [0.2, 0.25) is 0 Å². The van der Waals surface area contributed by atoms with Crippen molar-refractivity contribution in [1.82, 2.24) is 14.5 Å². The first kappa shape index (κ1) is 22.4. The maximum Gasteiger partial charge on any atom is 0.262 e. The lowest BCUT2D eigenvalue weighted by Gasteiger charge is -2.24. The van der Waals surface area contributed by atoms with E-state index in [9.17, 15) is 13.6 Å². The van der Waals surface area contributed by atoms with Gasteiger partial charge in [0.15, 0.2) is 0 Å². The molecule has 5 aromatic rings. The van der Waals surface area contributed by atoms with Crippen molar-refractivity contribution in [2.45, 2.75) is 13.0 Å². The molecule has 5 nitrogen and oxygen atoms in total. The van der Waals surface area contributed by atoms with E-state index in [-0.39, 0.29) is 17.2 Å². The molecular formula is C28H22F2N4O. The number of halogens is 2. The summed E-state index contributed by atoms with van der Waals surface area (Å²) in [4.78, 5) is 24.9. The van der Waals surface area contributed by atoms with Gasteiger partial charge in [-0.15, -0.1) is 0 Å². The maximum atomic E-state index is 13.9. The predicted molar refractivity (Wildman–Crippen MR) is 133 cm³/mol. The van der Waals surface area contributed by atoms with Gasteiger partial charge >= 0.3 is 0 Å². The number of hydrogen-bond acceptors (Lipinski definition) is 4. The molecule has 0 unspecified atom stereocenters. The summed E-state index contributed by atoms with van der Waals surface area (Å²) in [7, 11) is 1.88. The van der Waals surface area contributed by atoms with Gasteiger partial charge in [-0.3, -0.25) is 9.36 Å². The third-order valence-corrected chi connectivity index (χ3v) is 6.07. The molecule has 0 amide bonds. The minimum absolute atomic E-state index is 0.248. The topological polar surface area (TPSA) is 51.0 Å². The van der Waals surface area contributed by atoms with Gasteiger partial charge in [-0.05, 0) is 72.6 Å². The Kier molecular flexibility index (Phi) is 5.82. The van der Waals surface area contributed by atoms with Gasteiger partial charge in [-0.2, -0.15) is 0 Å². The quantitative estimate of drug-likeness (QED) is 0.328. The molecule has 174 valence electrons. The fourth-order valence-corrected chi connectivity index (χ4v) is 4.28. The number of pyridine rings is 1. The summed E-state index contributed by atoms with van der Waals surface area (Å²) in [5.74, 6) is 0.471. The molecule has 0 aliphatic carbocycles. The fourth-order valence-electron chi connectivity index (χ4n) is 4.28. The molecule has 0 aliphatic rings. The lowest BCUT2D eigenvalue weighted by molar-refractivity contribution is 0.602. The minimum atomic E-state index is -0.613. The van der Waals surface area contributed by atoms with Crippen LogP contribution in [0, 0.1) is 18.6 Å². The Labute approximate surface area is 201 Å². The third kappa shape index (κ3) is 4.28. The fraction of sp³-hybridized carbons (Fsp3) is 0.107. The van der Waals surface area contributed by atoms with Crippen molar-refractivity contribution >= 4 is 22.4 Å². The van der Waals surface area contributed by atoms with E-state index >= 15 is 0 Å². The Morgan fingerprint density at radius 1 is 0.857 bits per heavy atom. The Balaban J connectivity index is 1.71. The van der Waals surface area contributed by atoms with Crippen molar-refractivity contribution in [2.75, 3.05) is 11.9 Å². The number of benzene rings is 3. The van der Waals surface area contributed by atoms with Crippen molar-refractivity contribution in [1.29, 1.82) is 0 Å². The highest BCUT2D eigenvalue weighted by molar-refractivity contribution is 5.83. The van der Waals surface area contributed by atoms with Gasteiger partial charge in [0.2, 0.25) is 0 Å². The summed E-state index contributed by atoms with van der Waals surface area (Å²) in [5, 5.41) is 0.435. The van der Waals surface area contributed by atoms with E-state index in [0.717, 1.165) is 11.5 Å². The third-order valence-electron chi connectivity index (χ3n) is 6.07. The van der Waals surface area contributed by atoms with Gasteiger partial charge < -0.3 is 4.90 Å². The number of rotatable bonds is 5. The molecule has 0 saturated carbocycles. The number of anilines is 2. The van der Waals surface area contributed by atoms with Gasteiger partial charge in [0, 0.05) is 18.9 Å². The van der Waals surface area contributed by atoms with Crippen molar-refractivity contribution in [2.24, 2.45) is 0 Å². The second kappa shape index (κ2) is 9.10. The van der Waals surface area contributed by atoms with E-state index in [4.69, 9.17) is 4.98 Å². The second-order valence-electron chi connectivity index (χ2n) is 8.29. The van der Waals surface area contributed by atoms with Crippen molar-refractivity contribution < 1.29 is 8.78 Å². The smallest absolute Gasteiger partial charge is 0.262 e. The number of nitrogens with zero attached hydrogens (tertiary/aromatic N) is 4. The molecule has 5 rings (SSSR count). The van der Waals surface area contributed by atoms with Gasteiger partial charge in [0.05, 0.1) is 16.9 Å². The zero-order chi connectivity index (χ0) is 24.5. The zero-order valence-corrected chi connectivity index (χ0v) is 19.2. The molecule has 0 bridgehead atoms. The minimum Gasteiger partial charge on any atom is -0.329 e. The van der Waals surface area contributed by atoms with Crippen LogP contribution in [0.4, 0.5) is 20.3 Å². The molecule has 0 spiro atoms. The highest BCUT2D eigenvalue weighted by atomic mass is 19.1. The summed E-state index contributed by atoms with van der Waals surface area (Å²) >= 11 is 0. The highest BCUT2D eigenvalue weighted by Crippen LogP contribution is 2.29. The Hall–Kier alpha value is -4.39. The normalized spacial score (nSPS) is 11.2. The van der Waals surface area contributed by atoms with E-state index < -0.39 is 6.04 Å². The van der Waals surface area contributed by atoms with Crippen molar-refractivity contribution in [3.8, 4) is 0 Å². The number of hydrogen-bond donors (Lipinski definition) is 0. The summed E-state index contributed by atoms with van der Waals surface area (Å²) in [6, 6.07) is 22.4. The molecule has 0 fully saturated rings. The SMILES string of the molecule is Cc1nc2ccc(N(C)c3ccccn3)cc2c(=O)n1C(c1ccc(F)cc1)c1ccc(F)cc1. The van der Waals surface area contributed by atoms with Crippen LogP contribution in [0.25, 0.3) is 10.9 Å². The Morgan fingerprint density at radius 3 is 2.06 bits per heavy atom. The molecule has 2 aromatic heterocycles. The van der Waals surface area contributed by atoms with Crippen molar-refractivity contribution in [3.63, 3.8) is 0 Å². The summed E-state index contributed by atoms with van der Waals surface area (Å²) in [6.45, 7) is 1.76. The van der Waals surface area contributed by atoms with Gasteiger partial charge in [-0.25, -0.2) is 18.7 Å². The van der Waals surface area contributed by atoms with Crippen LogP contribution in [0.5, 0.6) is 0 Å². The molecule has 0 saturated heterocycles. The first-order valence-corrected chi connectivity index (χ1v) is 11.1. The Bertz CT molecular complexity index is 1500. The lowest BCUT2D eigenvalue weighted by atomic mass is 9.97. The molecule has 0 N–H and O–H groups in total. The van der Waals surface area contributed by atoms with E-state index in [0.29, 0.717) is 27.9 Å². The number of aryl methyl sites for hydroxylation is 1. The maximum absolute atomic E-state index is 13.9. The van der Waals surface area contributed by atoms with E-state index in [1.165, 1.54) is 24.3 Å². The first-order chi connectivity index (χ1) is 16.9. The van der Waals surface area contributed by atoms with Crippen LogP contribution < -0.4 is 10.5 Å². The van der Waals surface area contributed by atoms with Crippen LogP contribution in [-0.4, -0.2) is 21.6 Å². The van der Waals surface area contributed by atoms with Crippen LogP contribution in [0.3, 0.4) is 0 Å². The van der Waals surface area contributed by atoms with Crippen LogP contribution in [0.15, 0.2) is 95.9 Å². The van der Waals surface area contributed by atoms with Crippen LogP contribution in [-0.2, 0) is 0 Å². The van der Waals surface area contributed by atoms with Gasteiger partial charge in [0.25, 0.3) is 5.56 Å². The second-order valence-corrected chi connectivity index (χ2v) is 8.29. The number of aromatic nitrogens is 3. The molecule has 7 heteroatoms. The zero-order valence-electron chi connectivity index (χ0n) is 19.2. The lowest BCUT2D eigenvalue weighted by Crippen LogP contribution is -2.29. The molecule has 35 heavy (non-hydrogen) atoms. The monoisotopic (exact) mass is 468 g/mol. The molecule has 0 atom stereocenters.